The SMILES string of the molecule is CCN(Cc1ccccn1)C(=O)C(C)(C)C(C)(C)N. The molecule has 106 valence electrons. The van der Waals surface area contributed by atoms with Crippen LogP contribution in [-0.2, 0) is 11.3 Å². The van der Waals surface area contributed by atoms with Gasteiger partial charge in [-0.2, -0.15) is 0 Å². The van der Waals surface area contributed by atoms with Crippen LogP contribution in [0.2, 0.25) is 0 Å². The monoisotopic (exact) mass is 263 g/mol. The second kappa shape index (κ2) is 5.70. The van der Waals surface area contributed by atoms with Crippen molar-refractivity contribution in [3.05, 3.63) is 30.1 Å². The van der Waals surface area contributed by atoms with Gasteiger partial charge in [0.1, 0.15) is 0 Å². The molecule has 0 radical (unpaired) electrons. The van der Waals surface area contributed by atoms with E-state index in [1.165, 1.54) is 0 Å². The largest absolute Gasteiger partial charge is 0.337 e. The third-order valence-corrected chi connectivity index (χ3v) is 3.89. The Hall–Kier alpha value is -1.42. The Morgan fingerprint density at radius 2 is 1.95 bits per heavy atom. The molecular formula is C15H25N3O. The van der Waals surface area contributed by atoms with Crippen molar-refractivity contribution in [3.63, 3.8) is 0 Å². The lowest BCUT2D eigenvalue weighted by molar-refractivity contribution is -0.144. The highest BCUT2D eigenvalue weighted by molar-refractivity contribution is 5.83. The summed E-state index contributed by atoms with van der Waals surface area (Å²) in [5.41, 5.74) is 5.85. The topological polar surface area (TPSA) is 59.2 Å². The molecule has 0 aliphatic rings. The second-order valence-corrected chi connectivity index (χ2v) is 5.99. The van der Waals surface area contributed by atoms with Crippen molar-refractivity contribution in [1.29, 1.82) is 0 Å². The maximum atomic E-state index is 12.7. The molecule has 1 rings (SSSR count). The Bertz CT molecular complexity index is 421. The predicted octanol–water partition coefficient (Wildman–Crippen LogP) is 2.19. The van der Waals surface area contributed by atoms with Crippen LogP contribution in [0.3, 0.4) is 0 Å². The van der Waals surface area contributed by atoms with E-state index in [-0.39, 0.29) is 5.91 Å². The smallest absolute Gasteiger partial charge is 0.230 e. The lowest BCUT2D eigenvalue weighted by atomic mass is 9.74. The maximum Gasteiger partial charge on any atom is 0.230 e. The van der Waals surface area contributed by atoms with Crippen LogP contribution in [0.25, 0.3) is 0 Å². The lowest BCUT2D eigenvalue weighted by Crippen LogP contribution is -2.56. The van der Waals surface area contributed by atoms with Crippen LogP contribution in [0.15, 0.2) is 24.4 Å². The van der Waals surface area contributed by atoms with Crippen molar-refractivity contribution in [2.24, 2.45) is 11.1 Å². The molecule has 1 aromatic heterocycles. The van der Waals surface area contributed by atoms with Gasteiger partial charge in [0.2, 0.25) is 5.91 Å². The molecule has 0 aliphatic heterocycles. The zero-order valence-electron chi connectivity index (χ0n) is 12.6. The predicted molar refractivity (Wildman–Crippen MR) is 77.4 cm³/mol. The first kappa shape index (κ1) is 15.6. The highest BCUT2D eigenvalue weighted by Gasteiger charge is 2.42. The van der Waals surface area contributed by atoms with E-state index in [0.29, 0.717) is 13.1 Å². The van der Waals surface area contributed by atoms with Gasteiger partial charge in [-0.25, -0.2) is 0 Å². The number of nitrogens with zero attached hydrogens (tertiary/aromatic N) is 2. The number of carbonyl (C=O) groups is 1. The average molecular weight is 263 g/mol. The van der Waals surface area contributed by atoms with Crippen molar-refractivity contribution in [2.75, 3.05) is 6.54 Å². The molecule has 1 amide bonds. The molecule has 0 aliphatic carbocycles. The number of amides is 1. The van der Waals surface area contributed by atoms with Gasteiger partial charge in [0.25, 0.3) is 0 Å². The highest BCUT2D eigenvalue weighted by atomic mass is 16.2. The molecule has 1 aromatic rings. The molecule has 0 saturated heterocycles. The van der Waals surface area contributed by atoms with Crippen LogP contribution < -0.4 is 5.73 Å². The Morgan fingerprint density at radius 3 is 2.37 bits per heavy atom. The summed E-state index contributed by atoms with van der Waals surface area (Å²) in [4.78, 5) is 18.7. The van der Waals surface area contributed by atoms with Crippen molar-refractivity contribution < 1.29 is 4.79 Å². The third kappa shape index (κ3) is 3.53. The number of hydrogen-bond donors (Lipinski definition) is 1. The van der Waals surface area contributed by atoms with Crippen LogP contribution >= 0.6 is 0 Å². The van der Waals surface area contributed by atoms with Gasteiger partial charge >= 0.3 is 0 Å². The van der Waals surface area contributed by atoms with E-state index >= 15 is 0 Å². The Labute approximate surface area is 116 Å². The lowest BCUT2D eigenvalue weighted by Gasteiger charge is -2.40. The van der Waals surface area contributed by atoms with Gasteiger partial charge in [0, 0.05) is 18.3 Å². The van der Waals surface area contributed by atoms with Gasteiger partial charge in [-0.05, 0) is 46.8 Å². The summed E-state index contributed by atoms with van der Waals surface area (Å²) in [6, 6.07) is 5.73. The average Bonchev–Trinajstić information content (AvgIpc) is 2.35. The summed E-state index contributed by atoms with van der Waals surface area (Å²) < 4.78 is 0. The fraction of sp³-hybridized carbons (Fsp3) is 0.600. The summed E-state index contributed by atoms with van der Waals surface area (Å²) in [7, 11) is 0. The van der Waals surface area contributed by atoms with Crippen molar-refractivity contribution in [1.82, 2.24) is 9.88 Å². The minimum atomic E-state index is -0.613. The summed E-state index contributed by atoms with van der Waals surface area (Å²) in [6.45, 7) is 10.7. The molecule has 0 atom stereocenters. The van der Waals surface area contributed by atoms with Gasteiger partial charge in [-0.3, -0.25) is 9.78 Å². The van der Waals surface area contributed by atoms with Crippen molar-refractivity contribution in [2.45, 2.75) is 46.7 Å². The van der Waals surface area contributed by atoms with Crippen molar-refractivity contribution in [3.8, 4) is 0 Å². The molecule has 19 heavy (non-hydrogen) atoms. The normalized spacial score (nSPS) is 12.3. The van der Waals surface area contributed by atoms with E-state index in [0.717, 1.165) is 5.69 Å². The first-order chi connectivity index (χ1) is 8.70. The Balaban J connectivity index is 2.89. The quantitative estimate of drug-likeness (QED) is 0.886. The van der Waals surface area contributed by atoms with E-state index in [2.05, 4.69) is 4.98 Å². The highest BCUT2D eigenvalue weighted by Crippen LogP contribution is 2.31. The number of hydrogen-bond acceptors (Lipinski definition) is 3. The van der Waals surface area contributed by atoms with E-state index in [1.807, 2.05) is 52.8 Å². The number of rotatable bonds is 5. The fourth-order valence-electron chi connectivity index (χ4n) is 1.69. The molecule has 0 aromatic carbocycles. The minimum absolute atomic E-state index is 0.0631. The zero-order chi connectivity index (χ0) is 14.7. The van der Waals surface area contributed by atoms with E-state index in [4.69, 9.17) is 5.73 Å². The Morgan fingerprint density at radius 1 is 1.32 bits per heavy atom. The first-order valence-corrected chi connectivity index (χ1v) is 6.68. The fourth-order valence-corrected chi connectivity index (χ4v) is 1.69. The van der Waals surface area contributed by atoms with E-state index in [1.54, 1.807) is 11.1 Å². The number of nitrogens with two attached hydrogens (primary N) is 1. The van der Waals surface area contributed by atoms with Gasteiger partial charge in [-0.1, -0.05) is 6.07 Å². The van der Waals surface area contributed by atoms with Crippen LogP contribution in [0.5, 0.6) is 0 Å². The standard InChI is InChI=1S/C15H25N3O/c1-6-18(11-12-9-7-8-10-17-12)13(19)14(2,3)15(4,5)16/h7-10H,6,11,16H2,1-5H3. The van der Waals surface area contributed by atoms with Crippen LogP contribution in [0.4, 0.5) is 0 Å². The van der Waals surface area contributed by atoms with E-state index in [9.17, 15) is 4.79 Å². The number of aromatic nitrogens is 1. The van der Waals surface area contributed by atoms with Gasteiger partial charge in [0.05, 0.1) is 17.7 Å². The Kier molecular flexibility index (Phi) is 4.69. The molecule has 0 saturated carbocycles. The van der Waals surface area contributed by atoms with Crippen LogP contribution in [0.1, 0.15) is 40.3 Å². The molecule has 0 fully saturated rings. The molecular weight excluding hydrogens is 238 g/mol. The van der Waals surface area contributed by atoms with E-state index < -0.39 is 11.0 Å². The summed E-state index contributed by atoms with van der Waals surface area (Å²) >= 11 is 0. The van der Waals surface area contributed by atoms with Crippen molar-refractivity contribution >= 4 is 5.91 Å². The molecule has 0 unspecified atom stereocenters. The molecule has 2 N–H and O–H groups in total. The minimum Gasteiger partial charge on any atom is -0.337 e. The number of pyridine rings is 1. The van der Waals surface area contributed by atoms with Gasteiger partial charge in [0.15, 0.2) is 0 Å². The van der Waals surface area contributed by atoms with Gasteiger partial charge in [-0.15, -0.1) is 0 Å². The number of carbonyl (C=O) groups excluding carboxylic acids is 1. The summed E-state index contributed by atoms with van der Waals surface area (Å²) in [6.07, 6.45) is 1.74. The molecule has 4 heteroatoms. The first-order valence-electron chi connectivity index (χ1n) is 6.68. The molecule has 4 nitrogen and oxygen atoms in total. The second-order valence-electron chi connectivity index (χ2n) is 5.99. The molecule has 0 spiro atoms. The van der Waals surface area contributed by atoms with Gasteiger partial charge < -0.3 is 10.6 Å². The maximum absolute atomic E-state index is 12.7. The molecule has 0 bridgehead atoms. The van der Waals surface area contributed by atoms with Crippen LogP contribution in [0, 0.1) is 5.41 Å². The zero-order valence-corrected chi connectivity index (χ0v) is 12.6. The molecule has 1 heterocycles. The summed E-state index contributed by atoms with van der Waals surface area (Å²) in [5.74, 6) is 0.0631. The van der Waals surface area contributed by atoms with Crippen LogP contribution in [-0.4, -0.2) is 27.9 Å². The summed E-state index contributed by atoms with van der Waals surface area (Å²) in [5, 5.41) is 0. The third-order valence-electron chi connectivity index (χ3n) is 3.89.